The van der Waals surface area contributed by atoms with Crippen molar-refractivity contribution >= 4 is 18.3 Å². The van der Waals surface area contributed by atoms with Crippen molar-refractivity contribution in [2.75, 3.05) is 26.2 Å². The molecule has 1 aliphatic heterocycles. The molecule has 0 aliphatic carbocycles. The van der Waals surface area contributed by atoms with Crippen LogP contribution >= 0.6 is 12.4 Å². The van der Waals surface area contributed by atoms with E-state index in [4.69, 9.17) is 10.5 Å². The molecule has 2 N–H and O–H groups in total. The third-order valence-electron chi connectivity index (χ3n) is 4.82. The molecule has 1 aliphatic rings. The summed E-state index contributed by atoms with van der Waals surface area (Å²) in [5.74, 6) is 1.31. The Morgan fingerprint density at radius 2 is 2.13 bits per heavy atom. The molecule has 2 unspecified atom stereocenters. The molecule has 0 saturated carbocycles. The van der Waals surface area contributed by atoms with E-state index in [2.05, 4.69) is 26.8 Å². The van der Waals surface area contributed by atoms with Gasteiger partial charge in [-0.05, 0) is 42.3 Å². The van der Waals surface area contributed by atoms with E-state index in [1.807, 2.05) is 23.1 Å². The molecule has 1 aromatic carbocycles. The van der Waals surface area contributed by atoms with E-state index in [9.17, 15) is 4.79 Å². The Balaban J connectivity index is 0.00000264. The number of amides is 1. The molecule has 1 heterocycles. The zero-order valence-electron chi connectivity index (χ0n) is 14.4. The Kier molecular flexibility index (Phi) is 7.36. The predicted molar refractivity (Wildman–Crippen MR) is 96.2 cm³/mol. The molecule has 0 bridgehead atoms. The molecule has 0 spiro atoms. The minimum Gasteiger partial charge on any atom is -0.483 e. The molecule has 0 aromatic heterocycles. The number of carbonyl (C=O) groups excluding carboxylic acids is 1. The molecule has 2 rings (SSSR count). The molecule has 1 aromatic rings. The van der Waals surface area contributed by atoms with E-state index in [1.165, 1.54) is 5.56 Å². The summed E-state index contributed by atoms with van der Waals surface area (Å²) in [6.45, 7) is 8.71. The summed E-state index contributed by atoms with van der Waals surface area (Å²) in [4.78, 5) is 14.2. The first-order valence-electron chi connectivity index (χ1n) is 8.18. The van der Waals surface area contributed by atoms with Gasteiger partial charge in [-0.3, -0.25) is 4.79 Å². The molecule has 0 radical (unpaired) electrons. The third kappa shape index (κ3) is 4.85. The summed E-state index contributed by atoms with van der Waals surface area (Å²) in [5.41, 5.74) is 7.03. The SMILES string of the molecule is CCC(C)c1ccccc1OCC(=O)N1CCC(C)(CN)C1.Cl. The van der Waals surface area contributed by atoms with Crippen molar-refractivity contribution in [1.29, 1.82) is 0 Å². The fraction of sp³-hybridized carbons (Fsp3) is 0.611. The van der Waals surface area contributed by atoms with Crippen LogP contribution in [0.3, 0.4) is 0 Å². The maximum absolute atomic E-state index is 12.3. The molecule has 1 saturated heterocycles. The number of carbonyl (C=O) groups is 1. The Hall–Kier alpha value is -1.26. The topological polar surface area (TPSA) is 55.6 Å². The normalized spacial score (nSPS) is 21.7. The molecule has 130 valence electrons. The predicted octanol–water partition coefficient (Wildman–Crippen LogP) is 3.20. The van der Waals surface area contributed by atoms with Crippen LogP contribution in [0.4, 0.5) is 0 Å². The molecule has 2 atom stereocenters. The van der Waals surface area contributed by atoms with Crippen LogP contribution in [-0.2, 0) is 4.79 Å². The van der Waals surface area contributed by atoms with Gasteiger partial charge in [0, 0.05) is 13.1 Å². The Labute approximate surface area is 145 Å². The summed E-state index contributed by atoms with van der Waals surface area (Å²) >= 11 is 0. The van der Waals surface area contributed by atoms with Crippen LogP contribution in [0.25, 0.3) is 0 Å². The average Bonchev–Trinajstić information content (AvgIpc) is 2.95. The van der Waals surface area contributed by atoms with Gasteiger partial charge in [0.1, 0.15) is 5.75 Å². The molecule has 5 heteroatoms. The number of hydrogen-bond acceptors (Lipinski definition) is 3. The third-order valence-corrected chi connectivity index (χ3v) is 4.82. The van der Waals surface area contributed by atoms with Gasteiger partial charge < -0.3 is 15.4 Å². The van der Waals surface area contributed by atoms with Crippen LogP contribution in [0, 0.1) is 5.41 Å². The van der Waals surface area contributed by atoms with Gasteiger partial charge in [0.2, 0.25) is 0 Å². The van der Waals surface area contributed by atoms with E-state index in [0.717, 1.165) is 31.7 Å². The Morgan fingerprint density at radius 1 is 1.43 bits per heavy atom. The van der Waals surface area contributed by atoms with Crippen LogP contribution in [0.1, 0.15) is 45.1 Å². The maximum Gasteiger partial charge on any atom is 0.260 e. The summed E-state index contributed by atoms with van der Waals surface area (Å²) < 4.78 is 5.81. The van der Waals surface area contributed by atoms with Gasteiger partial charge in [0.15, 0.2) is 6.61 Å². The standard InChI is InChI=1S/C18H28N2O2.ClH/c1-4-14(2)15-7-5-6-8-16(15)22-11-17(21)20-10-9-18(3,12-19)13-20;/h5-8,14H,4,9-13,19H2,1-3H3;1H. The lowest BCUT2D eigenvalue weighted by atomic mass is 9.90. The zero-order valence-corrected chi connectivity index (χ0v) is 15.2. The maximum atomic E-state index is 12.3. The minimum atomic E-state index is 0. The highest BCUT2D eigenvalue weighted by atomic mass is 35.5. The smallest absolute Gasteiger partial charge is 0.260 e. The quantitative estimate of drug-likeness (QED) is 0.865. The fourth-order valence-electron chi connectivity index (χ4n) is 2.87. The lowest BCUT2D eigenvalue weighted by Gasteiger charge is -2.23. The fourth-order valence-corrected chi connectivity index (χ4v) is 2.87. The largest absolute Gasteiger partial charge is 0.483 e. The second-order valence-corrected chi connectivity index (χ2v) is 6.72. The van der Waals surface area contributed by atoms with Crippen LogP contribution in [0.15, 0.2) is 24.3 Å². The van der Waals surface area contributed by atoms with Gasteiger partial charge in [-0.25, -0.2) is 0 Å². The number of nitrogens with two attached hydrogens (primary N) is 1. The summed E-state index contributed by atoms with van der Waals surface area (Å²) in [6.07, 6.45) is 2.02. The Morgan fingerprint density at radius 3 is 2.74 bits per heavy atom. The molecular formula is C18H29ClN2O2. The molecule has 1 fully saturated rings. The molecular weight excluding hydrogens is 312 g/mol. The summed E-state index contributed by atoms with van der Waals surface area (Å²) in [6, 6.07) is 7.99. The second kappa shape index (κ2) is 8.55. The van der Waals surface area contributed by atoms with Crippen molar-refractivity contribution in [2.24, 2.45) is 11.1 Å². The first-order chi connectivity index (χ1) is 10.5. The van der Waals surface area contributed by atoms with Crippen molar-refractivity contribution in [3.05, 3.63) is 29.8 Å². The van der Waals surface area contributed by atoms with Crippen molar-refractivity contribution < 1.29 is 9.53 Å². The van der Waals surface area contributed by atoms with Crippen LogP contribution < -0.4 is 10.5 Å². The van der Waals surface area contributed by atoms with Gasteiger partial charge in [0.05, 0.1) is 0 Å². The van der Waals surface area contributed by atoms with Crippen LogP contribution in [0.2, 0.25) is 0 Å². The van der Waals surface area contributed by atoms with Crippen molar-refractivity contribution in [3.63, 3.8) is 0 Å². The minimum absolute atomic E-state index is 0. The average molecular weight is 341 g/mol. The number of rotatable bonds is 6. The van der Waals surface area contributed by atoms with Gasteiger partial charge in [-0.1, -0.05) is 39.0 Å². The van der Waals surface area contributed by atoms with Crippen molar-refractivity contribution in [1.82, 2.24) is 4.90 Å². The number of para-hydroxylation sites is 1. The number of hydrogen-bond donors (Lipinski definition) is 1. The number of halogens is 1. The van der Waals surface area contributed by atoms with E-state index >= 15 is 0 Å². The first kappa shape index (κ1) is 19.8. The van der Waals surface area contributed by atoms with E-state index < -0.39 is 0 Å². The molecule has 4 nitrogen and oxygen atoms in total. The lowest BCUT2D eigenvalue weighted by molar-refractivity contribution is -0.132. The highest BCUT2D eigenvalue weighted by molar-refractivity contribution is 5.85. The van der Waals surface area contributed by atoms with Gasteiger partial charge in [-0.2, -0.15) is 0 Å². The number of nitrogens with zero attached hydrogens (tertiary/aromatic N) is 1. The van der Waals surface area contributed by atoms with Crippen LogP contribution in [-0.4, -0.2) is 37.0 Å². The number of likely N-dealkylation sites (tertiary alicyclic amines) is 1. The number of ether oxygens (including phenoxy) is 1. The highest BCUT2D eigenvalue weighted by Gasteiger charge is 2.34. The van der Waals surface area contributed by atoms with E-state index in [-0.39, 0.29) is 30.3 Å². The van der Waals surface area contributed by atoms with E-state index in [1.54, 1.807) is 0 Å². The lowest BCUT2D eigenvalue weighted by Crippen LogP contribution is -2.37. The summed E-state index contributed by atoms with van der Waals surface area (Å²) in [5, 5.41) is 0. The van der Waals surface area contributed by atoms with E-state index in [0.29, 0.717) is 12.5 Å². The molecule has 23 heavy (non-hydrogen) atoms. The molecule has 1 amide bonds. The summed E-state index contributed by atoms with van der Waals surface area (Å²) in [7, 11) is 0. The Bertz CT molecular complexity index is 523. The van der Waals surface area contributed by atoms with Gasteiger partial charge in [0.25, 0.3) is 5.91 Å². The van der Waals surface area contributed by atoms with Crippen molar-refractivity contribution in [3.8, 4) is 5.75 Å². The van der Waals surface area contributed by atoms with Crippen LogP contribution in [0.5, 0.6) is 5.75 Å². The van der Waals surface area contributed by atoms with Crippen molar-refractivity contribution in [2.45, 2.75) is 39.5 Å². The zero-order chi connectivity index (χ0) is 16.2. The van der Waals surface area contributed by atoms with Gasteiger partial charge >= 0.3 is 0 Å². The first-order valence-corrected chi connectivity index (χ1v) is 8.18. The highest BCUT2D eigenvalue weighted by Crippen LogP contribution is 2.30. The number of benzene rings is 1. The monoisotopic (exact) mass is 340 g/mol. The second-order valence-electron chi connectivity index (χ2n) is 6.72. The van der Waals surface area contributed by atoms with Gasteiger partial charge in [-0.15, -0.1) is 12.4 Å².